The highest BCUT2D eigenvalue weighted by Crippen LogP contribution is 2.37. The van der Waals surface area contributed by atoms with Crippen LogP contribution in [0.15, 0.2) is 15.6 Å². The molecule has 2 unspecified atom stereocenters. The van der Waals surface area contributed by atoms with Crippen LogP contribution in [0.2, 0.25) is 0 Å². The minimum Gasteiger partial charge on any atom is -0.441 e. The summed E-state index contributed by atoms with van der Waals surface area (Å²) in [5, 5.41) is -0.0104. The molecule has 1 aliphatic rings. The number of carbonyl (C=O) groups is 1. The largest absolute Gasteiger partial charge is 0.441 e. The zero-order chi connectivity index (χ0) is 15.6. The van der Waals surface area contributed by atoms with Gasteiger partial charge in [0, 0.05) is 5.56 Å². The molecule has 1 heterocycles. The van der Waals surface area contributed by atoms with Crippen molar-refractivity contribution in [3.8, 4) is 0 Å². The fourth-order valence-corrected chi connectivity index (χ4v) is 4.15. The smallest absolute Gasteiger partial charge is 0.284 e. The van der Waals surface area contributed by atoms with Gasteiger partial charge in [-0.3, -0.25) is 4.79 Å². The SMILES string of the molecule is CCCCCC(C)c1cc(S(=N)(=O)C2CC2)oc1C(N)=O. The number of rotatable bonds is 8. The Morgan fingerprint density at radius 2 is 2.19 bits per heavy atom. The van der Waals surface area contributed by atoms with Crippen LogP contribution in [0.25, 0.3) is 0 Å². The highest BCUT2D eigenvalue weighted by Gasteiger charge is 2.37. The van der Waals surface area contributed by atoms with Crippen LogP contribution in [0.1, 0.15) is 74.4 Å². The highest BCUT2D eigenvalue weighted by molar-refractivity contribution is 7.93. The predicted octanol–water partition coefficient (Wildman–Crippen LogP) is 3.63. The maximum Gasteiger partial charge on any atom is 0.284 e. The Morgan fingerprint density at radius 1 is 1.52 bits per heavy atom. The van der Waals surface area contributed by atoms with E-state index in [-0.39, 0.29) is 22.0 Å². The van der Waals surface area contributed by atoms with Crippen LogP contribution in [0, 0.1) is 4.78 Å². The van der Waals surface area contributed by atoms with Gasteiger partial charge < -0.3 is 10.2 Å². The lowest BCUT2D eigenvalue weighted by molar-refractivity contribution is 0.0967. The van der Waals surface area contributed by atoms with Crippen LogP contribution in [0.3, 0.4) is 0 Å². The molecule has 1 aromatic heterocycles. The maximum absolute atomic E-state index is 12.4. The lowest BCUT2D eigenvalue weighted by atomic mass is 9.95. The Labute approximate surface area is 126 Å². The lowest BCUT2D eigenvalue weighted by Crippen LogP contribution is -2.13. The van der Waals surface area contributed by atoms with E-state index in [1.165, 1.54) is 0 Å². The Balaban J connectivity index is 2.27. The van der Waals surface area contributed by atoms with Gasteiger partial charge in [-0.15, -0.1) is 0 Å². The van der Waals surface area contributed by atoms with Crippen molar-refractivity contribution in [2.45, 2.75) is 68.6 Å². The van der Waals surface area contributed by atoms with Gasteiger partial charge in [-0.2, -0.15) is 0 Å². The van der Waals surface area contributed by atoms with Gasteiger partial charge in [-0.05, 0) is 31.2 Å². The van der Waals surface area contributed by atoms with Gasteiger partial charge >= 0.3 is 0 Å². The summed E-state index contributed by atoms with van der Waals surface area (Å²) in [5.74, 6) is -0.454. The van der Waals surface area contributed by atoms with E-state index in [1.54, 1.807) is 6.07 Å². The van der Waals surface area contributed by atoms with E-state index in [2.05, 4.69) is 6.92 Å². The number of hydrogen-bond acceptors (Lipinski definition) is 4. The summed E-state index contributed by atoms with van der Waals surface area (Å²) < 4.78 is 25.9. The van der Waals surface area contributed by atoms with Crippen molar-refractivity contribution in [3.63, 3.8) is 0 Å². The lowest BCUT2D eigenvalue weighted by Gasteiger charge is -2.09. The second kappa shape index (κ2) is 6.22. The zero-order valence-corrected chi connectivity index (χ0v) is 13.5. The standard InChI is InChI=1S/C15H24N2O3S/c1-3-4-5-6-10(2)12-9-13(20-14(12)15(16)18)21(17,19)11-7-8-11/h9-11,17H,3-8H2,1-2H3,(H2,16,18). The Kier molecular flexibility index (Phi) is 4.76. The Hall–Kier alpha value is -1.30. The molecule has 0 bridgehead atoms. The van der Waals surface area contributed by atoms with Crippen LogP contribution in [-0.4, -0.2) is 15.4 Å². The summed E-state index contributed by atoms with van der Waals surface area (Å²) in [7, 11) is -2.93. The molecule has 0 aromatic carbocycles. The molecule has 1 aliphatic carbocycles. The van der Waals surface area contributed by atoms with Gasteiger partial charge in [0.15, 0.2) is 10.9 Å². The van der Waals surface area contributed by atoms with E-state index in [0.717, 1.165) is 38.5 Å². The van der Waals surface area contributed by atoms with Crippen LogP contribution < -0.4 is 5.73 Å². The molecule has 0 saturated heterocycles. The number of nitrogens with two attached hydrogens (primary N) is 1. The molecule has 0 aliphatic heterocycles. The van der Waals surface area contributed by atoms with Crippen LogP contribution >= 0.6 is 0 Å². The van der Waals surface area contributed by atoms with Crippen molar-refractivity contribution in [2.75, 3.05) is 0 Å². The monoisotopic (exact) mass is 312 g/mol. The van der Waals surface area contributed by atoms with Crippen molar-refractivity contribution in [3.05, 3.63) is 17.4 Å². The number of furan rings is 1. The molecule has 6 heteroatoms. The van der Waals surface area contributed by atoms with E-state index in [1.807, 2.05) is 6.92 Å². The van der Waals surface area contributed by atoms with Crippen molar-refractivity contribution in [2.24, 2.45) is 5.73 Å². The average Bonchev–Trinajstić information content (AvgIpc) is 3.17. The summed E-state index contributed by atoms with van der Waals surface area (Å²) in [6, 6.07) is 1.63. The Morgan fingerprint density at radius 3 is 2.71 bits per heavy atom. The molecule has 2 atom stereocenters. The number of amides is 1. The van der Waals surface area contributed by atoms with E-state index in [0.29, 0.717) is 5.56 Å². The molecule has 5 nitrogen and oxygen atoms in total. The van der Waals surface area contributed by atoms with Crippen LogP contribution in [-0.2, 0) is 9.73 Å². The van der Waals surface area contributed by atoms with Gasteiger partial charge in [0.05, 0.1) is 5.25 Å². The third-order valence-electron chi connectivity index (χ3n) is 4.03. The van der Waals surface area contributed by atoms with Crippen molar-refractivity contribution in [1.82, 2.24) is 0 Å². The van der Waals surface area contributed by atoms with Gasteiger partial charge in [-0.1, -0.05) is 33.1 Å². The summed E-state index contributed by atoms with van der Waals surface area (Å²) >= 11 is 0. The summed E-state index contributed by atoms with van der Waals surface area (Å²) in [5.41, 5.74) is 6.07. The second-order valence-corrected chi connectivity index (χ2v) is 8.18. The molecule has 3 N–H and O–H groups in total. The summed E-state index contributed by atoms with van der Waals surface area (Å²) in [6.07, 6.45) is 5.84. The third kappa shape index (κ3) is 3.48. The molecule has 1 fully saturated rings. The van der Waals surface area contributed by atoms with Gasteiger partial charge in [0.1, 0.15) is 9.73 Å². The van der Waals surface area contributed by atoms with Crippen molar-refractivity contribution >= 4 is 15.6 Å². The van der Waals surface area contributed by atoms with E-state index in [4.69, 9.17) is 14.9 Å². The van der Waals surface area contributed by atoms with E-state index < -0.39 is 15.6 Å². The fourth-order valence-electron chi connectivity index (χ4n) is 2.51. The molecular weight excluding hydrogens is 288 g/mol. The maximum atomic E-state index is 12.4. The first-order valence-corrected chi connectivity index (χ1v) is 9.21. The summed E-state index contributed by atoms with van der Waals surface area (Å²) in [4.78, 5) is 11.6. The minimum atomic E-state index is -2.93. The van der Waals surface area contributed by atoms with E-state index in [9.17, 15) is 9.00 Å². The molecule has 0 radical (unpaired) electrons. The van der Waals surface area contributed by atoms with Crippen molar-refractivity contribution < 1.29 is 13.4 Å². The van der Waals surface area contributed by atoms with Gasteiger partial charge in [0.2, 0.25) is 0 Å². The number of primary amides is 1. The highest BCUT2D eigenvalue weighted by atomic mass is 32.2. The molecule has 2 rings (SSSR count). The first kappa shape index (κ1) is 16.1. The van der Waals surface area contributed by atoms with Crippen molar-refractivity contribution in [1.29, 1.82) is 4.78 Å². The molecule has 118 valence electrons. The minimum absolute atomic E-state index is 0.0784. The zero-order valence-electron chi connectivity index (χ0n) is 12.7. The number of unbranched alkanes of at least 4 members (excludes halogenated alkanes) is 2. The fraction of sp³-hybridized carbons (Fsp3) is 0.667. The molecule has 1 amide bonds. The van der Waals surface area contributed by atoms with E-state index >= 15 is 0 Å². The molecule has 1 aromatic rings. The number of hydrogen-bond donors (Lipinski definition) is 2. The molecular formula is C15H24N2O3S. The van der Waals surface area contributed by atoms with Crippen LogP contribution in [0.4, 0.5) is 0 Å². The average molecular weight is 312 g/mol. The topological polar surface area (TPSA) is 97.2 Å². The quantitative estimate of drug-likeness (QED) is 0.717. The number of carbonyl (C=O) groups excluding carboxylic acids is 1. The molecule has 0 spiro atoms. The first-order valence-electron chi connectivity index (χ1n) is 7.59. The predicted molar refractivity (Wildman–Crippen MR) is 81.9 cm³/mol. The first-order chi connectivity index (χ1) is 9.87. The van der Waals surface area contributed by atoms with Gasteiger partial charge in [0.25, 0.3) is 5.91 Å². The molecule has 1 saturated carbocycles. The van der Waals surface area contributed by atoms with Gasteiger partial charge in [-0.25, -0.2) is 8.99 Å². The molecule has 21 heavy (non-hydrogen) atoms. The number of nitrogens with one attached hydrogen (secondary N) is 1. The Bertz CT molecular complexity index is 615. The second-order valence-electron chi connectivity index (χ2n) is 5.91. The third-order valence-corrected chi connectivity index (χ3v) is 6.24. The van der Waals surface area contributed by atoms with Crippen LogP contribution in [0.5, 0.6) is 0 Å². The normalized spacial score (nSPS) is 19.1. The summed E-state index contributed by atoms with van der Waals surface area (Å²) in [6.45, 7) is 4.15.